The summed E-state index contributed by atoms with van der Waals surface area (Å²) in [5.41, 5.74) is 0. The molecule has 0 aliphatic carbocycles. The third kappa shape index (κ3) is 6.88. The fraction of sp³-hybridized carbons (Fsp3) is 1.00. The van der Waals surface area contributed by atoms with Crippen LogP contribution in [-0.4, -0.2) is 38.9 Å². The Kier molecular flexibility index (Phi) is 7.50. The van der Waals surface area contributed by atoms with E-state index in [1.165, 1.54) is 31.3 Å². The van der Waals surface area contributed by atoms with E-state index in [9.17, 15) is 0 Å². The number of nitrogens with zero attached hydrogens (tertiary/aromatic N) is 1. The summed E-state index contributed by atoms with van der Waals surface area (Å²) in [6.07, 6.45) is 1.43. The van der Waals surface area contributed by atoms with Gasteiger partial charge in [-0.3, -0.25) is 0 Å². The summed E-state index contributed by atoms with van der Waals surface area (Å²) in [7, 11) is 0. The van der Waals surface area contributed by atoms with E-state index in [-0.39, 0.29) is 0 Å². The Bertz CT molecular complexity index is 79.6. The average Bonchev–Trinajstić information content (AvgIpc) is 1.98. The van der Waals surface area contributed by atoms with Gasteiger partial charge in [-0.2, -0.15) is 0 Å². The van der Waals surface area contributed by atoms with Crippen molar-refractivity contribution < 1.29 is 0 Å². The normalized spacial score (nSPS) is 11.5. The molecule has 0 spiro atoms. The molecule has 0 aromatic rings. The van der Waals surface area contributed by atoms with Crippen molar-refractivity contribution in [1.29, 1.82) is 0 Å². The Morgan fingerprint density at radius 2 is 1.64 bits per heavy atom. The second-order valence-electron chi connectivity index (χ2n) is 3.34. The summed E-state index contributed by atoms with van der Waals surface area (Å²) in [4.78, 5) is 2.52. The van der Waals surface area contributed by atoms with Gasteiger partial charge in [0.15, 0.2) is 0 Å². The zero-order valence-corrected chi connectivity index (χ0v) is 10.6. The molecule has 0 aromatic heterocycles. The first kappa shape index (κ1) is 11.5. The molecule has 0 saturated heterocycles. The van der Waals surface area contributed by atoms with E-state index >= 15 is 0 Å². The van der Waals surface area contributed by atoms with Crippen LogP contribution in [0.15, 0.2) is 0 Å². The average molecular weight is 217 g/mol. The van der Waals surface area contributed by atoms with E-state index in [0.29, 0.717) is 0 Å². The molecule has 0 fully saturated rings. The Morgan fingerprint density at radius 1 is 1.09 bits per heavy atom. The molecule has 2 heteroatoms. The van der Waals surface area contributed by atoms with Gasteiger partial charge in [-0.25, -0.2) is 0 Å². The SMILES string of the molecule is CCN(CC)CC[CH2][Ge]([CH3])[CH3]. The van der Waals surface area contributed by atoms with Gasteiger partial charge in [-0.15, -0.1) is 0 Å². The predicted octanol–water partition coefficient (Wildman–Crippen LogP) is 2.47. The molecule has 0 N–H and O–H groups in total. The van der Waals surface area contributed by atoms with Crippen LogP contribution >= 0.6 is 0 Å². The molecule has 0 aliphatic heterocycles. The van der Waals surface area contributed by atoms with Crippen molar-refractivity contribution in [3.8, 4) is 0 Å². The quantitative estimate of drug-likeness (QED) is 0.617. The van der Waals surface area contributed by atoms with Gasteiger partial charge < -0.3 is 0 Å². The van der Waals surface area contributed by atoms with Crippen molar-refractivity contribution in [2.24, 2.45) is 0 Å². The standard InChI is InChI=1S/C9H22GeN/c1-5-11(6-2)9-7-8-10(3)4/h5-9H2,1-4H3. The van der Waals surface area contributed by atoms with Crippen molar-refractivity contribution in [3.63, 3.8) is 0 Å². The van der Waals surface area contributed by atoms with Gasteiger partial charge in [0.05, 0.1) is 0 Å². The summed E-state index contributed by atoms with van der Waals surface area (Å²) in [6, 6.07) is 0. The molecule has 0 amide bonds. The summed E-state index contributed by atoms with van der Waals surface area (Å²) in [5.74, 6) is 4.92. The second-order valence-corrected chi connectivity index (χ2v) is 9.45. The molecular formula is C9H22GeN. The number of hydrogen-bond acceptors (Lipinski definition) is 1. The molecule has 0 saturated carbocycles. The minimum absolute atomic E-state index is 0.507. The number of rotatable bonds is 6. The van der Waals surface area contributed by atoms with E-state index in [4.69, 9.17) is 0 Å². The van der Waals surface area contributed by atoms with Crippen molar-refractivity contribution in [3.05, 3.63) is 0 Å². The molecule has 0 atom stereocenters. The number of hydrogen-bond donors (Lipinski definition) is 0. The van der Waals surface area contributed by atoms with Crippen LogP contribution in [0.2, 0.25) is 16.8 Å². The fourth-order valence-corrected chi connectivity index (χ4v) is 3.01. The zero-order valence-electron chi connectivity index (χ0n) is 8.48. The van der Waals surface area contributed by atoms with Crippen LogP contribution < -0.4 is 0 Å². The monoisotopic (exact) mass is 218 g/mol. The zero-order chi connectivity index (χ0) is 8.69. The van der Waals surface area contributed by atoms with Crippen molar-refractivity contribution in [2.75, 3.05) is 19.6 Å². The first-order valence-electron chi connectivity index (χ1n) is 4.72. The van der Waals surface area contributed by atoms with Crippen molar-refractivity contribution in [2.45, 2.75) is 37.0 Å². The molecule has 67 valence electrons. The maximum atomic E-state index is 2.52. The van der Waals surface area contributed by atoms with E-state index < -0.39 is 14.3 Å². The van der Waals surface area contributed by atoms with Gasteiger partial charge in [0.25, 0.3) is 0 Å². The fourth-order valence-electron chi connectivity index (χ4n) is 1.20. The summed E-state index contributed by atoms with van der Waals surface area (Å²) >= 11 is -0.507. The van der Waals surface area contributed by atoms with Crippen LogP contribution in [0.3, 0.4) is 0 Å². The molecule has 0 aliphatic rings. The maximum absolute atomic E-state index is 2.52. The molecule has 0 aromatic carbocycles. The van der Waals surface area contributed by atoms with Crippen molar-refractivity contribution in [1.82, 2.24) is 4.90 Å². The Hall–Kier alpha value is 0.503. The summed E-state index contributed by atoms with van der Waals surface area (Å²) in [5, 5.41) is 1.54. The van der Waals surface area contributed by atoms with Crippen LogP contribution in [0.5, 0.6) is 0 Å². The Labute approximate surface area is 76.3 Å². The van der Waals surface area contributed by atoms with Crippen LogP contribution in [0.4, 0.5) is 0 Å². The molecule has 0 bridgehead atoms. The van der Waals surface area contributed by atoms with Gasteiger partial charge >= 0.3 is 75.9 Å². The van der Waals surface area contributed by atoms with E-state index in [1.807, 2.05) is 0 Å². The minimum atomic E-state index is -0.507. The van der Waals surface area contributed by atoms with Crippen LogP contribution in [0.1, 0.15) is 20.3 Å². The van der Waals surface area contributed by atoms with E-state index in [2.05, 4.69) is 30.3 Å². The van der Waals surface area contributed by atoms with Gasteiger partial charge in [-0.05, 0) is 0 Å². The molecular weight excluding hydrogens is 195 g/mol. The summed E-state index contributed by atoms with van der Waals surface area (Å²) < 4.78 is 0. The van der Waals surface area contributed by atoms with E-state index in [0.717, 1.165) is 0 Å². The van der Waals surface area contributed by atoms with E-state index in [1.54, 1.807) is 0 Å². The molecule has 0 rings (SSSR count). The van der Waals surface area contributed by atoms with Gasteiger partial charge in [-0.1, -0.05) is 0 Å². The Morgan fingerprint density at radius 3 is 2.00 bits per heavy atom. The molecule has 0 heterocycles. The van der Waals surface area contributed by atoms with Gasteiger partial charge in [0.1, 0.15) is 0 Å². The van der Waals surface area contributed by atoms with Crippen LogP contribution in [-0.2, 0) is 0 Å². The van der Waals surface area contributed by atoms with Crippen molar-refractivity contribution >= 4 is 14.3 Å². The molecule has 1 radical (unpaired) electrons. The third-order valence-electron chi connectivity index (χ3n) is 2.05. The predicted molar refractivity (Wildman–Crippen MR) is 54.7 cm³/mol. The first-order valence-corrected chi connectivity index (χ1v) is 10.4. The van der Waals surface area contributed by atoms with Gasteiger partial charge in [0.2, 0.25) is 0 Å². The molecule has 1 nitrogen and oxygen atoms in total. The third-order valence-corrected chi connectivity index (χ3v) is 4.89. The summed E-state index contributed by atoms with van der Waals surface area (Å²) in [6.45, 7) is 8.26. The molecule has 0 unspecified atom stereocenters. The second kappa shape index (κ2) is 7.17. The topological polar surface area (TPSA) is 3.24 Å². The van der Waals surface area contributed by atoms with Gasteiger partial charge in [0, 0.05) is 0 Å². The Balaban J connectivity index is 3.21. The van der Waals surface area contributed by atoms with Crippen LogP contribution in [0, 0.1) is 0 Å². The first-order chi connectivity index (χ1) is 5.20. The van der Waals surface area contributed by atoms with Crippen LogP contribution in [0.25, 0.3) is 0 Å². The molecule has 11 heavy (non-hydrogen) atoms.